The molecule has 0 saturated carbocycles. The lowest BCUT2D eigenvalue weighted by Crippen LogP contribution is -2.13. The van der Waals surface area contributed by atoms with Gasteiger partial charge in [0.15, 0.2) is 0 Å². The molecular weight excluding hydrogens is 218 g/mol. The maximum Gasteiger partial charge on any atom is 0.0470 e. The van der Waals surface area contributed by atoms with Gasteiger partial charge in [0.25, 0.3) is 0 Å². The first-order valence-electron chi connectivity index (χ1n) is 5.72. The first kappa shape index (κ1) is 13.4. The van der Waals surface area contributed by atoms with Crippen LogP contribution in [0.25, 0.3) is 0 Å². The van der Waals surface area contributed by atoms with Gasteiger partial charge in [-0.1, -0.05) is 25.1 Å². The van der Waals surface area contributed by atoms with Gasteiger partial charge in [-0.15, -0.1) is 0 Å². The van der Waals surface area contributed by atoms with Crippen LogP contribution in [0.3, 0.4) is 0 Å². The lowest BCUT2D eigenvalue weighted by Gasteiger charge is -2.13. The number of nitrogens with one attached hydrogen (secondary N) is 1. The van der Waals surface area contributed by atoms with Crippen LogP contribution in [0, 0.1) is 0 Å². The Balaban J connectivity index is 2.08. The Morgan fingerprint density at radius 3 is 2.75 bits per heavy atom. The third-order valence-corrected chi connectivity index (χ3v) is 3.52. The zero-order chi connectivity index (χ0) is 11.6. The van der Waals surface area contributed by atoms with E-state index in [1.165, 1.54) is 11.4 Å². The monoisotopic (exact) mass is 239 g/mol. The smallest absolute Gasteiger partial charge is 0.0470 e. The van der Waals surface area contributed by atoms with Gasteiger partial charge in [-0.05, 0) is 24.3 Å². The summed E-state index contributed by atoms with van der Waals surface area (Å²) in [6, 6.07) is 10.3. The van der Waals surface area contributed by atoms with Crippen LogP contribution in [0.15, 0.2) is 30.3 Å². The molecule has 0 saturated heterocycles. The van der Waals surface area contributed by atoms with E-state index in [0.717, 1.165) is 19.6 Å². The van der Waals surface area contributed by atoms with Crippen LogP contribution in [-0.4, -0.2) is 31.3 Å². The van der Waals surface area contributed by atoms with Gasteiger partial charge in [0.2, 0.25) is 0 Å². The van der Waals surface area contributed by atoms with E-state index in [1.54, 1.807) is 7.11 Å². The van der Waals surface area contributed by atoms with E-state index >= 15 is 0 Å². The molecule has 1 rings (SSSR count). The first-order valence-corrected chi connectivity index (χ1v) is 6.77. The van der Waals surface area contributed by atoms with Crippen LogP contribution in [0.4, 0.5) is 5.69 Å². The zero-order valence-electron chi connectivity index (χ0n) is 10.1. The van der Waals surface area contributed by atoms with Gasteiger partial charge >= 0.3 is 0 Å². The van der Waals surface area contributed by atoms with Gasteiger partial charge in [0, 0.05) is 31.2 Å². The molecule has 0 aliphatic rings. The minimum absolute atomic E-state index is 0.636. The summed E-state index contributed by atoms with van der Waals surface area (Å²) in [6.45, 7) is 4.14. The van der Waals surface area contributed by atoms with Crippen molar-refractivity contribution in [2.24, 2.45) is 0 Å². The lowest BCUT2D eigenvalue weighted by molar-refractivity contribution is 0.200. The van der Waals surface area contributed by atoms with Crippen molar-refractivity contribution in [1.82, 2.24) is 0 Å². The highest BCUT2D eigenvalue weighted by Gasteiger charge is 2.01. The molecule has 0 fully saturated rings. The molecule has 2 nitrogen and oxygen atoms in total. The number of methoxy groups -OCH3 is 1. The van der Waals surface area contributed by atoms with Gasteiger partial charge in [-0.2, -0.15) is 11.8 Å². The number of hydrogen-bond acceptors (Lipinski definition) is 3. The average molecular weight is 239 g/mol. The molecule has 0 spiro atoms. The first-order chi connectivity index (χ1) is 7.83. The number of para-hydroxylation sites is 1. The third-order valence-electron chi connectivity index (χ3n) is 2.26. The maximum absolute atomic E-state index is 5.02. The van der Waals surface area contributed by atoms with Crippen molar-refractivity contribution in [3.63, 3.8) is 0 Å². The Kier molecular flexibility index (Phi) is 7.10. The highest BCUT2D eigenvalue weighted by atomic mass is 32.2. The second kappa shape index (κ2) is 8.48. The summed E-state index contributed by atoms with van der Waals surface area (Å²) < 4.78 is 5.02. The molecule has 0 amide bonds. The van der Waals surface area contributed by atoms with E-state index in [2.05, 4.69) is 36.5 Å². The molecule has 0 heterocycles. The molecule has 1 atom stereocenters. The molecule has 1 unspecified atom stereocenters. The summed E-state index contributed by atoms with van der Waals surface area (Å²) in [4.78, 5) is 0. The SMILES string of the molecule is COCCCSC(C)CNc1ccccc1. The Bertz CT molecular complexity index is 266. The van der Waals surface area contributed by atoms with E-state index in [-0.39, 0.29) is 0 Å². The largest absolute Gasteiger partial charge is 0.385 e. The molecule has 0 aromatic heterocycles. The van der Waals surface area contributed by atoms with Crippen molar-refractivity contribution >= 4 is 17.4 Å². The number of thioether (sulfide) groups is 1. The molecule has 1 aromatic carbocycles. The topological polar surface area (TPSA) is 21.3 Å². The van der Waals surface area contributed by atoms with Gasteiger partial charge in [-0.25, -0.2) is 0 Å². The van der Waals surface area contributed by atoms with Crippen LogP contribution in [-0.2, 0) is 4.74 Å². The van der Waals surface area contributed by atoms with Gasteiger partial charge in [0.05, 0.1) is 0 Å². The van der Waals surface area contributed by atoms with Crippen molar-refractivity contribution in [3.05, 3.63) is 30.3 Å². The minimum Gasteiger partial charge on any atom is -0.385 e. The Morgan fingerprint density at radius 1 is 1.31 bits per heavy atom. The van der Waals surface area contributed by atoms with Crippen LogP contribution in [0.5, 0.6) is 0 Å². The number of anilines is 1. The van der Waals surface area contributed by atoms with Crippen molar-refractivity contribution < 1.29 is 4.74 Å². The predicted octanol–water partition coefficient (Wildman–Crippen LogP) is 3.26. The maximum atomic E-state index is 5.02. The second-order valence-electron chi connectivity index (χ2n) is 3.77. The van der Waals surface area contributed by atoms with E-state index in [9.17, 15) is 0 Å². The van der Waals surface area contributed by atoms with E-state index < -0.39 is 0 Å². The molecule has 0 aliphatic carbocycles. The van der Waals surface area contributed by atoms with Crippen LogP contribution < -0.4 is 5.32 Å². The summed E-state index contributed by atoms with van der Waals surface area (Å²) in [6.07, 6.45) is 1.14. The van der Waals surface area contributed by atoms with Crippen molar-refractivity contribution in [3.8, 4) is 0 Å². The Hall–Kier alpha value is -0.670. The Labute approximate surface area is 103 Å². The molecule has 1 N–H and O–H groups in total. The van der Waals surface area contributed by atoms with Crippen molar-refractivity contribution in [2.45, 2.75) is 18.6 Å². The molecule has 0 aliphatic heterocycles. The molecular formula is C13H21NOS. The quantitative estimate of drug-likeness (QED) is 0.704. The highest BCUT2D eigenvalue weighted by Crippen LogP contribution is 2.13. The molecule has 1 aromatic rings. The summed E-state index contributed by atoms with van der Waals surface area (Å²) in [5.41, 5.74) is 1.20. The standard InChI is InChI=1S/C13H21NOS/c1-12(16-10-6-9-15-2)11-14-13-7-4-3-5-8-13/h3-5,7-8,12,14H,6,9-11H2,1-2H3. The zero-order valence-corrected chi connectivity index (χ0v) is 10.9. The molecule has 0 radical (unpaired) electrons. The van der Waals surface area contributed by atoms with Gasteiger partial charge < -0.3 is 10.1 Å². The normalized spacial score (nSPS) is 12.4. The van der Waals surface area contributed by atoms with Gasteiger partial charge in [-0.3, -0.25) is 0 Å². The number of ether oxygens (including phenoxy) is 1. The minimum atomic E-state index is 0.636. The Morgan fingerprint density at radius 2 is 2.06 bits per heavy atom. The highest BCUT2D eigenvalue weighted by molar-refractivity contribution is 7.99. The van der Waals surface area contributed by atoms with Crippen LogP contribution in [0.1, 0.15) is 13.3 Å². The molecule has 3 heteroatoms. The van der Waals surface area contributed by atoms with E-state index in [4.69, 9.17) is 4.74 Å². The van der Waals surface area contributed by atoms with Crippen LogP contribution in [0.2, 0.25) is 0 Å². The average Bonchev–Trinajstić information content (AvgIpc) is 2.33. The van der Waals surface area contributed by atoms with Crippen molar-refractivity contribution in [1.29, 1.82) is 0 Å². The number of benzene rings is 1. The third kappa shape index (κ3) is 6.03. The van der Waals surface area contributed by atoms with Crippen LogP contribution >= 0.6 is 11.8 Å². The van der Waals surface area contributed by atoms with E-state index in [1.807, 2.05) is 17.8 Å². The predicted molar refractivity (Wildman–Crippen MR) is 73.3 cm³/mol. The van der Waals surface area contributed by atoms with Gasteiger partial charge in [0.1, 0.15) is 0 Å². The lowest BCUT2D eigenvalue weighted by atomic mass is 10.3. The van der Waals surface area contributed by atoms with Crippen molar-refractivity contribution in [2.75, 3.05) is 31.3 Å². The summed E-state index contributed by atoms with van der Waals surface area (Å²) in [5, 5.41) is 4.07. The summed E-state index contributed by atoms with van der Waals surface area (Å²) in [7, 11) is 1.76. The number of rotatable bonds is 8. The second-order valence-corrected chi connectivity index (χ2v) is 5.32. The summed E-state index contributed by atoms with van der Waals surface area (Å²) in [5.74, 6) is 1.17. The fraction of sp³-hybridized carbons (Fsp3) is 0.538. The van der Waals surface area contributed by atoms with E-state index in [0.29, 0.717) is 5.25 Å². The summed E-state index contributed by atoms with van der Waals surface area (Å²) >= 11 is 1.99. The molecule has 90 valence electrons. The molecule has 0 bridgehead atoms. The molecule has 16 heavy (non-hydrogen) atoms. The number of hydrogen-bond donors (Lipinski definition) is 1. The fourth-order valence-electron chi connectivity index (χ4n) is 1.36. The fourth-order valence-corrected chi connectivity index (χ4v) is 2.25.